The van der Waals surface area contributed by atoms with Gasteiger partial charge < -0.3 is 11.1 Å². The summed E-state index contributed by atoms with van der Waals surface area (Å²) in [6.45, 7) is 0.0175. The monoisotopic (exact) mass is 210 g/mol. The second-order valence-electron chi connectivity index (χ2n) is 2.68. The molecule has 2 atom stereocenters. The van der Waals surface area contributed by atoms with E-state index in [4.69, 9.17) is 19.4 Å². The fraction of sp³-hybridized carbons (Fsp3) is 0.273. The Bertz CT molecular complexity index is 589. The lowest BCUT2D eigenvalue weighted by atomic mass is 10.2. The number of amidine groups is 1. The van der Waals surface area contributed by atoms with Crippen LogP contribution >= 0.6 is 0 Å². The van der Waals surface area contributed by atoms with E-state index in [0.717, 1.165) is 6.07 Å². The Labute approximate surface area is 98.2 Å². The maximum absolute atomic E-state index is 7.93. The highest BCUT2D eigenvalue weighted by Crippen LogP contribution is 1.98. The van der Waals surface area contributed by atoms with Crippen molar-refractivity contribution in [1.82, 2.24) is 5.32 Å². The van der Waals surface area contributed by atoms with E-state index in [0.29, 0.717) is 0 Å². The van der Waals surface area contributed by atoms with Gasteiger partial charge in [-0.2, -0.15) is 0 Å². The fourth-order valence-corrected chi connectivity index (χ4v) is 0.796. The van der Waals surface area contributed by atoms with Crippen molar-refractivity contribution in [3.63, 3.8) is 0 Å². The minimum atomic E-state index is -1.42. The van der Waals surface area contributed by atoms with Crippen molar-refractivity contribution >= 4 is 11.8 Å². The SMILES string of the molecule is [2H]c1cc([2H])c(C([2H])C([2H])N=C(N)NC(C)=N)c([2H])c1[2H]. The minimum Gasteiger partial charge on any atom is -0.370 e. The summed E-state index contributed by atoms with van der Waals surface area (Å²) in [7, 11) is 0. The van der Waals surface area contributed by atoms with Gasteiger partial charge in [-0.15, -0.1) is 0 Å². The number of hydrogen-bond acceptors (Lipinski definition) is 2. The van der Waals surface area contributed by atoms with Gasteiger partial charge in [0.2, 0.25) is 0 Å². The number of nitrogens with zero attached hydrogens (tertiary/aromatic N) is 1. The summed E-state index contributed by atoms with van der Waals surface area (Å²) in [6, 6.07) is -0.266. The molecule has 0 fully saturated rings. The van der Waals surface area contributed by atoms with E-state index >= 15 is 0 Å². The largest absolute Gasteiger partial charge is 0.370 e. The average Bonchev–Trinajstić information content (AvgIpc) is 2.34. The minimum absolute atomic E-state index is 0.0272. The number of hydrogen-bond donors (Lipinski definition) is 3. The van der Waals surface area contributed by atoms with Crippen LogP contribution in [0.3, 0.4) is 0 Å². The van der Waals surface area contributed by atoms with E-state index in [1.807, 2.05) is 0 Å². The van der Waals surface area contributed by atoms with Gasteiger partial charge in [0.25, 0.3) is 0 Å². The van der Waals surface area contributed by atoms with E-state index in [9.17, 15) is 0 Å². The van der Waals surface area contributed by atoms with Crippen molar-refractivity contribution in [2.24, 2.45) is 10.7 Å². The number of aliphatic imine (C=N–C) groups is 1. The van der Waals surface area contributed by atoms with Gasteiger partial charge in [0.05, 0.1) is 12.7 Å². The summed E-state index contributed by atoms with van der Waals surface area (Å²) in [5.74, 6) is -0.180. The van der Waals surface area contributed by atoms with Crippen LogP contribution in [0.25, 0.3) is 0 Å². The van der Waals surface area contributed by atoms with Crippen molar-refractivity contribution in [2.45, 2.75) is 13.3 Å². The molecule has 4 nitrogen and oxygen atoms in total. The molecule has 0 bridgehead atoms. The molecule has 1 aromatic rings. The number of benzene rings is 1. The lowest BCUT2D eigenvalue weighted by molar-refractivity contribution is 0.955. The summed E-state index contributed by atoms with van der Waals surface area (Å²) in [4.78, 5) is 3.67. The molecule has 0 amide bonds. The zero-order chi connectivity index (χ0) is 16.3. The molecule has 0 aromatic heterocycles. The average molecular weight is 210 g/mol. The molecule has 1 rings (SSSR count). The highest BCUT2D eigenvalue weighted by atomic mass is 15.1. The molecule has 0 aliphatic carbocycles. The van der Waals surface area contributed by atoms with Gasteiger partial charge in [-0.05, 0) is 18.9 Å². The molecule has 0 radical (unpaired) electrons. The van der Waals surface area contributed by atoms with E-state index in [-0.39, 0.29) is 29.4 Å². The van der Waals surface area contributed by atoms with Gasteiger partial charge in [-0.3, -0.25) is 10.4 Å². The van der Waals surface area contributed by atoms with E-state index in [1.54, 1.807) is 0 Å². The third-order valence-corrected chi connectivity index (χ3v) is 1.34. The lowest BCUT2D eigenvalue weighted by Gasteiger charge is -2.02. The zero-order valence-corrected chi connectivity index (χ0v) is 8.26. The van der Waals surface area contributed by atoms with Crippen LogP contribution in [0.4, 0.5) is 0 Å². The molecular weight excluding hydrogens is 188 g/mol. The van der Waals surface area contributed by atoms with E-state index < -0.39 is 25.0 Å². The van der Waals surface area contributed by atoms with Crippen LogP contribution in [0.1, 0.15) is 20.7 Å². The van der Waals surface area contributed by atoms with Crippen LogP contribution in [-0.2, 0) is 6.40 Å². The summed E-state index contributed by atoms with van der Waals surface area (Å²) in [6.07, 6.45) is -1.39. The number of nitrogens with two attached hydrogens (primary N) is 1. The smallest absolute Gasteiger partial charge is 0.194 e. The second kappa shape index (κ2) is 5.80. The van der Waals surface area contributed by atoms with Gasteiger partial charge in [-0.25, -0.2) is 0 Å². The Morgan fingerprint density at radius 2 is 2.47 bits per heavy atom. The van der Waals surface area contributed by atoms with E-state index in [1.165, 1.54) is 6.92 Å². The Morgan fingerprint density at radius 3 is 3.20 bits per heavy atom. The second-order valence-corrected chi connectivity index (χ2v) is 2.68. The predicted molar refractivity (Wildman–Crippen MR) is 63.2 cm³/mol. The number of rotatable bonds is 3. The summed E-state index contributed by atoms with van der Waals surface area (Å²) < 4.78 is 46.1. The Morgan fingerprint density at radius 1 is 1.67 bits per heavy atom. The highest BCUT2D eigenvalue weighted by Gasteiger charge is 1.92. The molecule has 0 aliphatic heterocycles. The van der Waals surface area contributed by atoms with Gasteiger partial charge in [0.1, 0.15) is 0 Å². The van der Waals surface area contributed by atoms with Crippen LogP contribution < -0.4 is 11.1 Å². The molecule has 1 aromatic carbocycles. The van der Waals surface area contributed by atoms with Crippen molar-refractivity contribution in [3.05, 3.63) is 35.8 Å². The first kappa shape index (κ1) is 5.30. The molecule has 4 N–H and O–H groups in total. The lowest BCUT2D eigenvalue weighted by Crippen LogP contribution is -2.35. The molecule has 4 heteroatoms. The van der Waals surface area contributed by atoms with Gasteiger partial charge >= 0.3 is 0 Å². The van der Waals surface area contributed by atoms with Gasteiger partial charge in [-0.1, -0.05) is 30.2 Å². The molecule has 2 unspecified atom stereocenters. The first-order chi connectivity index (χ1) is 9.65. The Kier molecular flexibility index (Phi) is 2.05. The summed E-state index contributed by atoms with van der Waals surface area (Å²) >= 11 is 0. The molecule has 0 aliphatic rings. The number of guanidine groups is 1. The van der Waals surface area contributed by atoms with Crippen molar-refractivity contribution in [3.8, 4) is 0 Å². The third-order valence-electron chi connectivity index (χ3n) is 1.34. The Balaban J connectivity index is 3.12. The van der Waals surface area contributed by atoms with Crippen molar-refractivity contribution < 1.29 is 8.22 Å². The first-order valence-corrected chi connectivity index (χ1v) is 4.22. The zero-order valence-electron chi connectivity index (χ0n) is 14.3. The molecule has 0 heterocycles. The summed E-state index contributed by atoms with van der Waals surface area (Å²) in [5, 5.41) is 9.55. The summed E-state index contributed by atoms with van der Waals surface area (Å²) in [5.41, 5.74) is 5.32. The maximum atomic E-state index is 7.93. The van der Waals surface area contributed by atoms with Crippen LogP contribution in [0.15, 0.2) is 35.2 Å². The molecule has 0 saturated heterocycles. The van der Waals surface area contributed by atoms with Crippen molar-refractivity contribution in [1.29, 1.82) is 5.41 Å². The van der Waals surface area contributed by atoms with Gasteiger partial charge in [0, 0.05) is 7.89 Å². The topological polar surface area (TPSA) is 74.3 Å². The van der Waals surface area contributed by atoms with E-state index in [2.05, 4.69) is 10.3 Å². The quantitative estimate of drug-likeness (QED) is 0.517. The number of nitrogens with one attached hydrogen (secondary N) is 2. The predicted octanol–water partition coefficient (Wildman–Crippen LogP) is 1.13. The van der Waals surface area contributed by atoms with Crippen LogP contribution in [0.2, 0.25) is 0 Å². The van der Waals surface area contributed by atoms with Crippen LogP contribution in [-0.4, -0.2) is 18.3 Å². The molecule has 0 spiro atoms. The van der Waals surface area contributed by atoms with Gasteiger partial charge in [0.15, 0.2) is 5.96 Å². The normalized spacial score (nSPS) is 21.0. The first-order valence-electron chi connectivity index (χ1n) is 7.37. The maximum Gasteiger partial charge on any atom is 0.194 e. The molecule has 0 saturated carbocycles. The van der Waals surface area contributed by atoms with Crippen molar-refractivity contribution in [2.75, 3.05) is 6.52 Å². The fourth-order valence-electron chi connectivity index (χ4n) is 0.796. The van der Waals surface area contributed by atoms with Crippen LogP contribution in [0, 0.1) is 5.41 Å². The Hall–Kier alpha value is -1.84. The molecule has 80 valence electrons. The third kappa shape index (κ3) is 4.81. The molecular formula is C11H16N4. The highest BCUT2D eigenvalue weighted by molar-refractivity contribution is 5.96. The standard InChI is InChI=1S/C11H16N4/c1-9(12)15-11(13)14-8-7-10-5-3-2-4-6-10/h2-6H,7-8H2,1H3,(H4,12,13,14,15)/i2D,3D,5D,6D,7D,8D. The van der Waals surface area contributed by atoms with Crippen LogP contribution in [0.5, 0.6) is 0 Å². The molecule has 15 heavy (non-hydrogen) atoms.